The summed E-state index contributed by atoms with van der Waals surface area (Å²) >= 11 is 3.35. The molecule has 2 N–H and O–H groups in total. The normalized spacial score (nSPS) is 10.0. The van der Waals surface area contributed by atoms with Gasteiger partial charge in [0.25, 0.3) is 5.91 Å². The van der Waals surface area contributed by atoms with Crippen molar-refractivity contribution in [3.63, 3.8) is 0 Å². The largest absolute Gasteiger partial charge is 0.504 e. The molecule has 0 fully saturated rings. The third kappa shape index (κ3) is 3.28. The number of anilines is 1. The zero-order chi connectivity index (χ0) is 15.4. The molecule has 2 aromatic carbocycles. The molecule has 0 bridgehead atoms. The molecule has 0 unspecified atom stereocenters. The Balaban J connectivity index is 2.24. The smallest absolute Gasteiger partial charge is 0.259 e. The highest BCUT2D eigenvalue weighted by Gasteiger charge is 2.15. The topological polar surface area (TPSA) is 67.8 Å². The predicted octanol–water partition coefficient (Wildman–Crippen LogP) is 3.42. The zero-order valence-corrected chi connectivity index (χ0v) is 13.1. The molecule has 0 saturated carbocycles. The molecule has 0 aliphatic rings. The number of methoxy groups -OCH3 is 2. The second-order valence-electron chi connectivity index (χ2n) is 4.16. The van der Waals surface area contributed by atoms with E-state index in [1.807, 2.05) is 0 Å². The summed E-state index contributed by atoms with van der Waals surface area (Å²) in [5, 5.41) is 12.7. The van der Waals surface area contributed by atoms with Crippen molar-refractivity contribution in [1.29, 1.82) is 0 Å². The molecule has 6 heteroatoms. The summed E-state index contributed by atoms with van der Waals surface area (Å²) in [5.74, 6) is 0.296. The number of ether oxygens (including phenoxy) is 2. The maximum absolute atomic E-state index is 12.2. The van der Waals surface area contributed by atoms with Crippen LogP contribution in [-0.2, 0) is 0 Å². The van der Waals surface area contributed by atoms with Crippen LogP contribution >= 0.6 is 15.9 Å². The van der Waals surface area contributed by atoms with Gasteiger partial charge in [-0.2, -0.15) is 0 Å². The first-order valence-corrected chi connectivity index (χ1v) is 6.87. The van der Waals surface area contributed by atoms with Crippen LogP contribution in [0.1, 0.15) is 10.4 Å². The lowest BCUT2D eigenvalue weighted by Gasteiger charge is -2.10. The van der Waals surface area contributed by atoms with Crippen LogP contribution in [0.2, 0.25) is 0 Å². The number of halogens is 1. The molecule has 5 nitrogen and oxygen atoms in total. The number of nitrogens with one attached hydrogen (secondary N) is 1. The van der Waals surface area contributed by atoms with E-state index in [0.717, 1.165) is 4.47 Å². The fourth-order valence-corrected chi connectivity index (χ4v) is 2.35. The Bertz CT molecular complexity index is 673. The molecule has 0 spiro atoms. The molecule has 21 heavy (non-hydrogen) atoms. The lowest BCUT2D eigenvalue weighted by Crippen LogP contribution is -2.12. The van der Waals surface area contributed by atoms with Crippen LogP contribution in [0, 0.1) is 0 Å². The highest BCUT2D eigenvalue weighted by Crippen LogP contribution is 2.31. The number of aromatic hydroxyl groups is 1. The highest BCUT2D eigenvalue weighted by atomic mass is 79.9. The molecule has 110 valence electrons. The zero-order valence-electron chi connectivity index (χ0n) is 11.5. The Morgan fingerprint density at radius 2 is 1.86 bits per heavy atom. The standard InChI is InChI=1S/C15H14BrNO4/c1-20-12-7-6-9(8-11(12)16)17-15(19)10-4-3-5-13(21-2)14(10)18/h3-8,18H,1-2H3,(H,17,19). The maximum atomic E-state index is 12.2. The fraction of sp³-hybridized carbons (Fsp3) is 0.133. The average Bonchev–Trinajstić information content (AvgIpc) is 2.47. The van der Waals surface area contributed by atoms with Gasteiger partial charge in [0, 0.05) is 5.69 Å². The molecule has 0 saturated heterocycles. The summed E-state index contributed by atoms with van der Waals surface area (Å²) < 4.78 is 10.8. The van der Waals surface area contributed by atoms with Crippen LogP contribution in [0.5, 0.6) is 17.2 Å². The monoisotopic (exact) mass is 351 g/mol. The van der Waals surface area contributed by atoms with Crippen molar-refractivity contribution >= 4 is 27.5 Å². The van der Waals surface area contributed by atoms with Crippen molar-refractivity contribution < 1.29 is 19.4 Å². The Hall–Kier alpha value is -2.21. The summed E-state index contributed by atoms with van der Waals surface area (Å²) in [6, 6.07) is 9.89. The first kappa shape index (κ1) is 15.2. The molecular formula is C15H14BrNO4. The van der Waals surface area contributed by atoms with Crippen LogP contribution in [0.3, 0.4) is 0 Å². The first-order chi connectivity index (χ1) is 10.1. The van der Waals surface area contributed by atoms with Gasteiger partial charge in [-0.05, 0) is 46.3 Å². The number of amides is 1. The molecule has 2 rings (SSSR count). The van der Waals surface area contributed by atoms with E-state index in [1.165, 1.54) is 13.2 Å². The van der Waals surface area contributed by atoms with Crippen molar-refractivity contribution in [3.05, 3.63) is 46.4 Å². The molecule has 1 amide bonds. The third-order valence-corrected chi connectivity index (χ3v) is 3.49. The number of benzene rings is 2. The lowest BCUT2D eigenvalue weighted by atomic mass is 10.1. The van der Waals surface area contributed by atoms with E-state index in [1.54, 1.807) is 37.4 Å². The van der Waals surface area contributed by atoms with Gasteiger partial charge in [-0.15, -0.1) is 0 Å². The Morgan fingerprint density at radius 3 is 2.48 bits per heavy atom. The van der Waals surface area contributed by atoms with E-state index in [0.29, 0.717) is 11.4 Å². The number of phenols is 1. The van der Waals surface area contributed by atoms with Gasteiger partial charge >= 0.3 is 0 Å². The van der Waals surface area contributed by atoms with Crippen LogP contribution in [-0.4, -0.2) is 25.2 Å². The van der Waals surface area contributed by atoms with Crippen molar-refractivity contribution in [2.45, 2.75) is 0 Å². The predicted molar refractivity (Wildman–Crippen MR) is 83.3 cm³/mol. The molecule has 0 atom stereocenters. The van der Waals surface area contributed by atoms with Crippen molar-refractivity contribution in [3.8, 4) is 17.2 Å². The minimum Gasteiger partial charge on any atom is -0.504 e. The van der Waals surface area contributed by atoms with Gasteiger partial charge < -0.3 is 19.9 Å². The van der Waals surface area contributed by atoms with Crippen LogP contribution in [0.25, 0.3) is 0 Å². The molecule has 0 radical (unpaired) electrons. The van der Waals surface area contributed by atoms with Crippen molar-refractivity contribution in [1.82, 2.24) is 0 Å². The van der Waals surface area contributed by atoms with E-state index >= 15 is 0 Å². The Morgan fingerprint density at radius 1 is 1.14 bits per heavy atom. The first-order valence-electron chi connectivity index (χ1n) is 6.07. The van der Waals surface area contributed by atoms with E-state index in [2.05, 4.69) is 21.2 Å². The maximum Gasteiger partial charge on any atom is 0.259 e. The Kier molecular flexibility index (Phi) is 4.70. The molecule has 2 aromatic rings. The Labute approximate surface area is 130 Å². The summed E-state index contributed by atoms with van der Waals surface area (Å²) in [6.07, 6.45) is 0. The second kappa shape index (κ2) is 6.49. The molecule has 0 aliphatic heterocycles. The van der Waals surface area contributed by atoms with Gasteiger partial charge in [0.05, 0.1) is 24.3 Å². The number of rotatable bonds is 4. The summed E-state index contributed by atoms with van der Waals surface area (Å²) in [4.78, 5) is 12.2. The van der Waals surface area contributed by atoms with Gasteiger partial charge in [-0.25, -0.2) is 0 Å². The number of carbonyl (C=O) groups excluding carboxylic acids is 1. The van der Waals surface area contributed by atoms with Gasteiger partial charge in [-0.1, -0.05) is 6.07 Å². The minimum atomic E-state index is -0.427. The van der Waals surface area contributed by atoms with Crippen molar-refractivity contribution in [2.75, 3.05) is 19.5 Å². The van der Waals surface area contributed by atoms with E-state index in [9.17, 15) is 9.90 Å². The molecule has 0 aliphatic carbocycles. The van der Waals surface area contributed by atoms with Gasteiger partial charge in [0.1, 0.15) is 5.75 Å². The van der Waals surface area contributed by atoms with E-state index in [4.69, 9.17) is 9.47 Å². The van der Waals surface area contributed by atoms with Gasteiger partial charge in [0.15, 0.2) is 11.5 Å². The molecule has 0 heterocycles. The fourth-order valence-electron chi connectivity index (χ4n) is 1.81. The molecule has 0 aromatic heterocycles. The van der Waals surface area contributed by atoms with Gasteiger partial charge in [0.2, 0.25) is 0 Å². The average molecular weight is 352 g/mol. The van der Waals surface area contributed by atoms with Gasteiger partial charge in [-0.3, -0.25) is 4.79 Å². The highest BCUT2D eigenvalue weighted by molar-refractivity contribution is 9.10. The summed E-state index contributed by atoms with van der Waals surface area (Å²) in [6.45, 7) is 0. The van der Waals surface area contributed by atoms with Crippen LogP contribution < -0.4 is 14.8 Å². The number of hydrogen-bond donors (Lipinski definition) is 2. The molecular weight excluding hydrogens is 338 g/mol. The number of phenolic OH excluding ortho intramolecular Hbond substituents is 1. The second-order valence-corrected chi connectivity index (χ2v) is 5.01. The third-order valence-electron chi connectivity index (χ3n) is 2.87. The number of carbonyl (C=O) groups is 1. The van der Waals surface area contributed by atoms with Crippen LogP contribution in [0.15, 0.2) is 40.9 Å². The minimum absolute atomic E-state index is 0.140. The van der Waals surface area contributed by atoms with E-state index in [-0.39, 0.29) is 17.1 Å². The van der Waals surface area contributed by atoms with E-state index < -0.39 is 5.91 Å². The lowest BCUT2D eigenvalue weighted by molar-refractivity contribution is 0.102. The SMILES string of the molecule is COc1ccc(NC(=O)c2cccc(OC)c2O)cc1Br. The summed E-state index contributed by atoms with van der Waals surface area (Å²) in [5.41, 5.74) is 0.719. The summed E-state index contributed by atoms with van der Waals surface area (Å²) in [7, 11) is 2.99. The number of hydrogen-bond acceptors (Lipinski definition) is 4. The van der Waals surface area contributed by atoms with Crippen LogP contribution in [0.4, 0.5) is 5.69 Å². The van der Waals surface area contributed by atoms with Crippen molar-refractivity contribution in [2.24, 2.45) is 0 Å². The quantitative estimate of drug-likeness (QED) is 0.885. The number of para-hydroxylation sites is 1.